The van der Waals surface area contributed by atoms with Gasteiger partial charge in [-0.1, -0.05) is 17.4 Å². The van der Waals surface area contributed by atoms with Crippen molar-refractivity contribution in [3.8, 4) is 11.5 Å². The van der Waals surface area contributed by atoms with Crippen LogP contribution >= 0.6 is 11.3 Å². The number of thiazole rings is 1. The van der Waals surface area contributed by atoms with Crippen molar-refractivity contribution in [3.05, 3.63) is 59.7 Å². The topological polar surface area (TPSA) is 103 Å². The molecule has 1 N–H and O–H groups in total. The average molecular weight is 528 g/mol. The molecule has 0 aliphatic carbocycles. The number of aliphatic hydroxyl groups excluding tert-OH is 1. The van der Waals surface area contributed by atoms with Gasteiger partial charge in [-0.25, -0.2) is 19.0 Å². The van der Waals surface area contributed by atoms with E-state index in [2.05, 4.69) is 4.98 Å². The lowest BCUT2D eigenvalue weighted by atomic mass is 10.0. The normalized spacial score (nSPS) is 17.9. The van der Waals surface area contributed by atoms with E-state index in [1.165, 1.54) is 35.5 Å². The fraction of sp³-hybridized carbons (Fsp3) is 0.346. The molecule has 3 heterocycles. The average Bonchev–Trinajstić information content (AvgIpc) is 3.52. The summed E-state index contributed by atoms with van der Waals surface area (Å²) in [6.45, 7) is 5.32. The van der Waals surface area contributed by atoms with Gasteiger partial charge in [-0.05, 0) is 51.0 Å². The molecule has 0 spiro atoms. The molecule has 1 amide bonds. The highest BCUT2D eigenvalue weighted by Gasteiger charge is 2.38. The molecule has 2 aromatic heterocycles. The number of likely N-dealkylation sites (tertiary alicyclic amines) is 1. The molecule has 2 atom stereocenters. The summed E-state index contributed by atoms with van der Waals surface area (Å²) in [4.78, 5) is 32.1. The van der Waals surface area contributed by atoms with Gasteiger partial charge in [0.1, 0.15) is 16.9 Å². The number of carbonyl (C=O) groups excluding carboxylic acids is 2. The number of carbonyl (C=O) groups is 2. The zero-order valence-electron chi connectivity index (χ0n) is 20.7. The molecule has 4 aromatic rings. The molecule has 0 saturated carbocycles. The molecule has 0 radical (unpaired) electrons. The van der Waals surface area contributed by atoms with Gasteiger partial charge in [0.05, 0.1) is 36.0 Å². The number of rotatable bonds is 4. The van der Waals surface area contributed by atoms with Crippen molar-refractivity contribution >= 4 is 38.6 Å². The van der Waals surface area contributed by atoms with Crippen LogP contribution < -0.4 is 9.47 Å². The fourth-order valence-electron chi connectivity index (χ4n) is 4.41. The second-order valence-corrected chi connectivity index (χ2v) is 10.8. The maximum atomic E-state index is 15.1. The van der Waals surface area contributed by atoms with Crippen LogP contribution in [0.15, 0.2) is 42.7 Å². The first-order valence-electron chi connectivity index (χ1n) is 11.7. The number of esters is 1. The molecule has 194 valence electrons. The third-order valence-electron chi connectivity index (χ3n) is 6.02. The minimum atomic E-state index is -0.775. The first-order valence-corrected chi connectivity index (χ1v) is 12.5. The first kappa shape index (κ1) is 25.0. The first-order chi connectivity index (χ1) is 17.5. The molecule has 1 aliphatic rings. The number of amides is 1. The molecule has 2 aromatic carbocycles. The van der Waals surface area contributed by atoms with Crippen LogP contribution in [0.3, 0.4) is 0 Å². The number of ether oxygens (including phenoxy) is 3. The van der Waals surface area contributed by atoms with E-state index in [4.69, 9.17) is 14.2 Å². The van der Waals surface area contributed by atoms with E-state index in [9.17, 15) is 14.7 Å². The van der Waals surface area contributed by atoms with Gasteiger partial charge in [0.25, 0.3) is 0 Å². The summed E-state index contributed by atoms with van der Waals surface area (Å²) < 4.78 is 34.0. The number of imidazole rings is 1. The molecule has 0 bridgehead atoms. The van der Waals surface area contributed by atoms with E-state index in [1.54, 1.807) is 45.2 Å². The number of β-amino-alcohol motifs (C(OH)–C–C–N with tert-alkyl or cyclic N) is 1. The van der Waals surface area contributed by atoms with Crippen LogP contribution in [0.5, 0.6) is 11.5 Å². The van der Waals surface area contributed by atoms with Crippen molar-refractivity contribution in [1.29, 1.82) is 0 Å². The molecular weight excluding hydrogens is 501 g/mol. The Hall–Kier alpha value is -3.70. The molecule has 1 saturated heterocycles. The lowest BCUT2D eigenvalue weighted by Gasteiger charge is -2.28. The van der Waals surface area contributed by atoms with Crippen molar-refractivity contribution in [2.75, 3.05) is 13.7 Å². The molecule has 9 nitrogen and oxygen atoms in total. The van der Waals surface area contributed by atoms with Gasteiger partial charge in [0.2, 0.25) is 0 Å². The maximum absolute atomic E-state index is 15.1. The Morgan fingerprint density at radius 2 is 1.97 bits per heavy atom. The van der Waals surface area contributed by atoms with Crippen LogP contribution in [0.25, 0.3) is 15.2 Å². The molecule has 0 unspecified atom stereocenters. The number of fused-ring (bicyclic) bond motifs is 3. The second-order valence-electron chi connectivity index (χ2n) is 9.82. The zero-order chi connectivity index (χ0) is 26.5. The number of hydrogen-bond acceptors (Lipinski definition) is 8. The smallest absolute Gasteiger partial charge is 0.410 e. The maximum Gasteiger partial charge on any atom is 0.410 e. The summed E-state index contributed by atoms with van der Waals surface area (Å²) >= 11 is 1.40. The van der Waals surface area contributed by atoms with Gasteiger partial charge < -0.3 is 19.3 Å². The van der Waals surface area contributed by atoms with Gasteiger partial charge in [-0.2, -0.15) is 0 Å². The minimum Gasteiger partial charge on any atom is -0.496 e. The van der Waals surface area contributed by atoms with Crippen molar-refractivity contribution in [2.45, 2.75) is 44.9 Å². The van der Waals surface area contributed by atoms with E-state index >= 15 is 4.39 Å². The number of halogens is 1. The van der Waals surface area contributed by atoms with Crippen LogP contribution in [-0.4, -0.2) is 56.8 Å². The van der Waals surface area contributed by atoms with Gasteiger partial charge in [-0.3, -0.25) is 9.30 Å². The van der Waals surface area contributed by atoms with Crippen LogP contribution in [0.1, 0.15) is 49.2 Å². The van der Waals surface area contributed by atoms with Crippen LogP contribution in [-0.2, 0) is 4.74 Å². The zero-order valence-corrected chi connectivity index (χ0v) is 21.5. The Morgan fingerprint density at radius 3 is 2.68 bits per heavy atom. The predicted molar refractivity (Wildman–Crippen MR) is 135 cm³/mol. The SMILES string of the molecule is COc1cc2c(cc1C(=O)Oc1ccc([C@H]3C[C@@H](O)CN3C(=O)OC(C)(C)C)cc1F)sc1nccn12. The van der Waals surface area contributed by atoms with E-state index < -0.39 is 35.6 Å². The summed E-state index contributed by atoms with van der Waals surface area (Å²) in [5.41, 5.74) is 0.726. The Kier molecular flexibility index (Phi) is 6.28. The number of hydrogen-bond donors (Lipinski definition) is 1. The van der Waals surface area contributed by atoms with E-state index in [-0.39, 0.29) is 30.0 Å². The summed E-state index contributed by atoms with van der Waals surface area (Å²) in [6.07, 6.45) is 2.38. The number of aromatic nitrogens is 2. The van der Waals surface area contributed by atoms with Gasteiger partial charge >= 0.3 is 12.1 Å². The highest BCUT2D eigenvalue weighted by molar-refractivity contribution is 7.23. The number of aliphatic hydroxyl groups is 1. The molecular formula is C26H26FN3O6S. The largest absolute Gasteiger partial charge is 0.496 e. The van der Waals surface area contributed by atoms with Crippen LogP contribution in [0, 0.1) is 5.82 Å². The van der Waals surface area contributed by atoms with E-state index in [1.807, 2.05) is 10.6 Å². The highest BCUT2D eigenvalue weighted by Crippen LogP contribution is 2.36. The Labute approximate surface area is 216 Å². The summed E-state index contributed by atoms with van der Waals surface area (Å²) in [5.74, 6) is -1.52. The van der Waals surface area contributed by atoms with Crippen LogP contribution in [0.2, 0.25) is 0 Å². The molecule has 37 heavy (non-hydrogen) atoms. The monoisotopic (exact) mass is 527 g/mol. The van der Waals surface area contributed by atoms with Crippen molar-refractivity contribution in [2.24, 2.45) is 0 Å². The van der Waals surface area contributed by atoms with Crippen molar-refractivity contribution in [3.63, 3.8) is 0 Å². The minimum absolute atomic E-state index is 0.0771. The third-order valence-corrected chi connectivity index (χ3v) is 7.05. The van der Waals surface area contributed by atoms with Gasteiger partial charge in [-0.15, -0.1) is 0 Å². The second kappa shape index (κ2) is 9.31. The Morgan fingerprint density at radius 1 is 1.19 bits per heavy atom. The van der Waals surface area contributed by atoms with E-state index in [0.717, 1.165) is 15.2 Å². The summed E-state index contributed by atoms with van der Waals surface area (Å²) in [5, 5.41) is 10.2. The predicted octanol–water partition coefficient (Wildman–Crippen LogP) is 4.96. The quantitative estimate of drug-likeness (QED) is 0.296. The fourth-order valence-corrected chi connectivity index (χ4v) is 5.42. The Balaban J connectivity index is 1.38. The lowest BCUT2D eigenvalue weighted by Crippen LogP contribution is -2.37. The lowest BCUT2D eigenvalue weighted by molar-refractivity contribution is 0.0206. The molecule has 5 rings (SSSR count). The number of methoxy groups -OCH3 is 1. The number of nitrogens with zero attached hydrogens (tertiary/aromatic N) is 3. The molecule has 1 fully saturated rings. The summed E-state index contributed by atoms with van der Waals surface area (Å²) in [6, 6.07) is 6.89. The third kappa shape index (κ3) is 4.84. The van der Waals surface area contributed by atoms with Crippen molar-refractivity contribution < 1.29 is 33.3 Å². The molecule has 1 aliphatic heterocycles. The molecule has 11 heteroatoms. The van der Waals surface area contributed by atoms with E-state index in [0.29, 0.717) is 5.56 Å². The van der Waals surface area contributed by atoms with Crippen LogP contribution in [0.4, 0.5) is 9.18 Å². The number of benzene rings is 2. The highest BCUT2D eigenvalue weighted by atomic mass is 32.1. The van der Waals surface area contributed by atoms with Gasteiger partial charge in [0.15, 0.2) is 16.5 Å². The standard InChI is InChI=1S/C26H26FN3O6S/c1-26(2,3)36-25(33)30-13-15(31)10-18(30)14-5-6-20(17(27)9-14)35-23(32)16-11-22-19(12-21(16)34-4)29-8-7-28-24(29)37-22/h5-9,11-12,15,18,31H,10,13H2,1-4H3/t15-,18-/m1/s1. The Bertz CT molecular complexity index is 1510. The van der Waals surface area contributed by atoms with Gasteiger partial charge in [0, 0.05) is 18.5 Å². The summed E-state index contributed by atoms with van der Waals surface area (Å²) in [7, 11) is 1.44. The van der Waals surface area contributed by atoms with Crippen molar-refractivity contribution in [1.82, 2.24) is 14.3 Å².